The molecular formula is C13H15BrN4O2. The first-order valence-electron chi connectivity index (χ1n) is 6.42. The molecule has 4 N–H and O–H groups in total. The lowest BCUT2D eigenvalue weighted by atomic mass is 9.89. The van der Waals surface area contributed by atoms with Gasteiger partial charge in [0, 0.05) is 11.0 Å². The van der Waals surface area contributed by atoms with Gasteiger partial charge in [-0.2, -0.15) is 0 Å². The third kappa shape index (κ3) is 2.27. The summed E-state index contributed by atoms with van der Waals surface area (Å²) in [5.41, 5.74) is 1.38. The maximum atomic E-state index is 12.4. The number of nitrogens with one attached hydrogen (secondary N) is 4. The van der Waals surface area contributed by atoms with E-state index in [4.69, 9.17) is 0 Å². The predicted octanol–water partition coefficient (Wildman–Crippen LogP) is 1.56. The molecule has 1 aliphatic rings. The summed E-state index contributed by atoms with van der Waals surface area (Å²) in [5, 5.41) is 6.13. The fourth-order valence-electron chi connectivity index (χ4n) is 2.44. The van der Waals surface area contributed by atoms with Crippen molar-refractivity contribution in [3.05, 3.63) is 27.1 Å². The molecule has 0 aliphatic carbocycles. The molecule has 0 saturated carbocycles. The van der Waals surface area contributed by atoms with E-state index in [1.165, 1.54) is 0 Å². The minimum Gasteiger partial charge on any atom is -0.324 e. The second-order valence-electron chi connectivity index (χ2n) is 5.40. The maximum absolute atomic E-state index is 12.4. The zero-order valence-corrected chi connectivity index (χ0v) is 12.6. The number of carbonyl (C=O) groups excluding carboxylic acids is 1. The molecule has 1 saturated heterocycles. The second-order valence-corrected chi connectivity index (χ2v) is 6.25. The first-order valence-corrected chi connectivity index (χ1v) is 7.21. The standard InChI is InChI=1S/C13H15BrN4O2/c1-13(2-3-15-6-13)11(19)16-8-5-10-9(4-7(8)14)17-12(20)18-10/h4-5,15H,2-3,6H2,1H3,(H,16,19)(H2,17,18,20). The molecule has 6 nitrogen and oxygen atoms in total. The number of aromatic amines is 2. The molecule has 1 amide bonds. The monoisotopic (exact) mass is 338 g/mol. The number of fused-ring (bicyclic) bond motifs is 1. The van der Waals surface area contributed by atoms with Crippen LogP contribution in [0, 0.1) is 5.41 Å². The first kappa shape index (κ1) is 13.4. The third-order valence-electron chi connectivity index (χ3n) is 3.77. The minimum absolute atomic E-state index is 0.0135. The number of aromatic nitrogens is 2. The Morgan fingerprint density at radius 3 is 2.70 bits per heavy atom. The van der Waals surface area contributed by atoms with E-state index in [-0.39, 0.29) is 17.0 Å². The molecule has 2 aromatic rings. The Kier molecular flexibility index (Phi) is 3.18. The number of halogens is 1. The molecule has 1 aromatic heterocycles. The van der Waals surface area contributed by atoms with Gasteiger partial charge in [-0.15, -0.1) is 0 Å². The minimum atomic E-state index is -0.389. The Morgan fingerprint density at radius 1 is 1.35 bits per heavy atom. The molecule has 2 heterocycles. The van der Waals surface area contributed by atoms with E-state index in [2.05, 4.69) is 36.5 Å². The third-order valence-corrected chi connectivity index (χ3v) is 4.42. The van der Waals surface area contributed by atoms with Gasteiger partial charge in [-0.3, -0.25) is 4.79 Å². The van der Waals surface area contributed by atoms with Crippen LogP contribution in [0.2, 0.25) is 0 Å². The number of amides is 1. The van der Waals surface area contributed by atoms with Crippen molar-refractivity contribution in [3.8, 4) is 0 Å². The summed E-state index contributed by atoms with van der Waals surface area (Å²) in [4.78, 5) is 29.0. The van der Waals surface area contributed by atoms with Crippen LogP contribution in [-0.2, 0) is 4.79 Å². The summed E-state index contributed by atoms with van der Waals surface area (Å²) in [5.74, 6) is -0.0135. The number of rotatable bonds is 2. The molecule has 0 bridgehead atoms. The van der Waals surface area contributed by atoms with Crippen molar-refractivity contribution >= 4 is 38.6 Å². The van der Waals surface area contributed by atoms with Crippen LogP contribution >= 0.6 is 15.9 Å². The summed E-state index contributed by atoms with van der Waals surface area (Å²) in [7, 11) is 0. The zero-order valence-electron chi connectivity index (χ0n) is 11.0. The fraction of sp³-hybridized carbons (Fsp3) is 0.385. The molecule has 1 aliphatic heterocycles. The van der Waals surface area contributed by atoms with Crippen molar-refractivity contribution in [2.75, 3.05) is 18.4 Å². The van der Waals surface area contributed by atoms with Gasteiger partial charge < -0.3 is 20.6 Å². The van der Waals surface area contributed by atoms with E-state index in [1.807, 2.05) is 6.92 Å². The molecule has 1 fully saturated rings. The summed E-state index contributed by atoms with van der Waals surface area (Å²) in [6.07, 6.45) is 0.819. The van der Waals surface area contributed by atoms with Gasteiger partial charge >= 0.3 is 5.69 Å². The van der Waals surface area contributed by atoms with E-state index in [0.29, 0.717) is 23.3 Å². The highest BCUT2D eigenvalue weighted by Crippen LogP contribution is 2.30. The Balaban J connectivity index is 1.92. The fourth-order valence-corrected chi connectivity index (χ4v) is 2.88. The van der Waals surface area contributed by atoms with Gasteiger partial charge in [0.1, 0.15) is 0 Å². The normalized spacial score (nSPS) is 22.3. The van der Waals surface area contributed by atoms with Crippen molar-refractivity contribution in [2.45, 2.75) is 13.3 Å². The number of hydrogen-bond donors (Lipinski definition) is 4. The molecule has 1 atom stereocenters. The molecular weight excluding hydrogens is 324 g/mol. The van der Waals surface area contributed by atoms with Crippen LogP contribution in [0.25, 0.3) is 11.0 Å². The summed E-state index contributed by atoms with van der Waals surface area (Å²) < 4.78 is 0.739. The smallest absolute Gasteiger partial charge is 0.323 e. The van der Waals surface area contributed by atoms with Crippen molar-refractivity contribution in [1.82, 2.24) is 15.3 Å². The van der Waals surface area contributed by atoms with Crippen LogP contribution in [0.1, 0.15) is 13.3 Å². The average molecular weight is 339 g/mol. The lowest BCUT2D eigenvalue weighted by Crippen LogP contribution is -2.35. The van der Waals surface area contributed by atoms with Crippen molar-refractivity contribution < 1.29 is 4.79 Å². The Bertz CT molecular complexity index is 728. The molecule has 20 heavy (non-hydrogen) atoms. The van der Waals surface area contributed by atoms with Crippen LogP contribution < -0.4 is 16.3 Å². The Morgan fingerprint density at radius 2 is 2.05 bits per heavy atom. The lowest BCUT2D eigenvalue weighted by molar-refractivity contribution is -0.123. The van der Waals surface area contributed by atoms with Gasteiger partial charge in [-0.25, -0.2) is 4.79 Å². The van der Waals surface area contributed by atoms with Crippen LogP contribution in [0.3, 0.4) is 0 Å². The van der Waals surface area contributed by atoms with Crippen molar-refractivity contribution in [1.29, 1.82) is 0 Å². The van der Waals surface area contributed by atoms with Gasteiger partial charge in [0.15, 0.2) is 0 Å². The number of anilines is 1. The molecule has 1 unspecified atom stereocenters. The highest BCUT2D eigenvalue weighted by Gasteiger charge is 2.36. The number of hydrogen-bond acceptors (Lipinski definition) is 3. The second kappa shape index (κ2) is 4.75. The molecule has 0 spiro atoms. The van der Waals surface area contributed by atoms with Crippen LogP contribution in [0.5, 0.6) is 0 Å². The maximum Gasteiger partial charge on any atom is 0.323 e. The largest absolute Gasteiger partial charge is 0.324 e. The topological polar surface area (TPSA) is 89.8 Å². The number of benzene rings is 1. The summed E-state index contributed by atoms with van der Waals surface area (Å²) in [6.45, 7) is 3.49. The molecule has 106 valence electrons. The average Bonchev–Trinajstić information content (AvgIpc) is 2.96. The van der Waals surface area contributed by atoms with Gasteiger partial charge in [0.2, 0.25) is 5.91 Å². The van der Waals surface area contributed by atoms with Crippen LogP contribution in [0.4, 0.5) is 5.69 Å². The van der Waals surface area contributed by atoms with Crippen molar-refractivity contribution in [2.24, 2.45) is 5.41 Å². The van der Waals surface area contributed by atoms with Crippen molar-refractivity contribution in [3.63, 3.8) is 0 Å². The zero-order chi connectivity index (χ0) is 14.3. The van der Waals surface area contributed by atoms with Crippen LogP contribution in [-0.4, -0.2) is 29.0 Å². The number of H-pyrrole nitrogens is 2. The van der Waals surface area contributed by atoms with Gasteiger partial charge in [0.25, 0.3) is 0 Å². The van der Waals surface area contributed by atoms with Gasteiger partial charge in [-0.05, 0) is 48.0 Å². The lowest BCUT2D eigenvalue weighted by Gasteiger charge is -2.21. The Labute approximate surface area is 123 Å². The Hall–Kier alpha value is -1.60. The van der Waals surface area contributed by atoms with Crippen LogP contribution in [0.15, 0.2) is 21.4 Å². The highest BCUT2D eigenvalue weighted by atomic mass is 79.9. The molecule has 1 aromatic carbocycles. The highest BCUT2D eigenvalue weighted by molar-refractivity contribution is 9.10. The van der Waals surface area contributed by atoms with E-state index in [9.17, 15) is 9.59 Å². The van der Waals surface area contributed by atoms with E-state index in [0.717, 1.165) is 17.4 Å². The summed E-state index contributed by atoms with van der Waals surface area (Å²) >= 11 is 3.42. The predicted molar refractivity (Wildman–Crippen MR) is 80.8 cm³/mol. The van der Waals surface area contributed by atoms with E-state index < -0.39 is 0 Å². The van der Waals surface area contributed by atoms with E-state index in [1.54, 1.807) is 12.1 Å². The quantitative estimate of drug-likeness (QED) is 0.669. The number of carbonyl (C=O) groups is 1. The summed E-state index contributed by atoms with van der Waals surface area (Å²) in [6, 6.07) is 3.53. The SMILES string of the molecule is CC1(C(=O)Nc2cc3[nH]c(=O)[nH]c3cc2Br)CCNC1. The molecule has 3 rings (SSSR count). The first-order chi connectivity index (χ1) is 9.48. The van der Waals surface area contributed by atoms with Gasteiger partial charge in [0.05, 0.1) is 22.1 Å². The number of imidazole rings is 1. The molecule has 0 radical (unpaired) electrons. The molecule has 7 heteroatoms. The van der Waals surface area contributed by atoms with E-state index >= 15 is 0 Å². The van der Waals surface area contributed by atoms with Gasteiger partial charge in [-0.1, -0.05) is 0 Å².